The number of halogens is 1. The standard InChI is InChI=1S/C31H28ClN5O/c1-20-11-12-21(2)27(18-20)33-31(38)36-19-26-22(3)34-37(25-8-5-4-6-9-25)30(26)35-17-7-10-28(35)29(36)23-13-15-24(32)16-14-23/h4-18,29H,19H2,1-3H3,(H,33,38)/t29-/m0/s1. The number of carbonyl (C=O) groups excluding carboxylic acids is 1. The first-order chi connectivity index (χ1) is 18.4. The van der Waals surface area contributed by atoms with Gasteiger partial charge in [0.25, 0.3) is 0 Å². The molecule has 38 heavy (non-hydrogen) atoms. The highest BCUT2D eigenvalue weighted by molar-refractivity contribution is 6.30. The molecule has 0 radical (unpaired) electrons. The molecule has 7 heteroatoms. The first-order valence-electron chi connectivity index (χ1n) is 12.6. The zero-order valence-electron chi connectivity index (χ0n) is 21.5. The molecule has 0 fully saturated rings. The van der Waals surface area contributed by atoms with Crippen molar-refractivity contribution in [2.75, 3.05) is 5.32 Å². The molecule has 3 aromatic carbocycles. The van der Waals surface area contributed by atoms with Gasteiger partial charge in [0.2, 0.25) is 0 Å². The van der Waals surface area contributed by atoms with Gasteiger partial charge in [-0.3, -0.25) is 0 Å². The van der Waals surface area contributed by atoms with E-state index in [0.29, 0.717) is 11.6 Å². The molecule has 2 amide bonds. The van der Waals surface area contributed by atoms with E-state index in [0.717, 1.165) is 50.8 Å². The van der Waals surface area contributed by atoms with Gasteiger partial charge in [0.15, 0.2) is 0 Å². The molecule has 1 aliphatic rings. The zero-order chi connectivity index (χ0) is 26.4. The minimum atomic E-state index is -0.344. The second kappa shape index (κ2) is 9.54. The number of nitrogens with zero attached hydrogens (tertiary/aromatic N) is 4. The second-order valence-electron chi connectivity index (χ2n) is 9.77. The van der Waals surface area contributed by atoms with Crippen molar-refractivity contribution in [3.8, 4) is 11.5 Å². The quantitative estimate of drug-likeness (QED) is 0.269. The van der Waals surface area contributed by atoms with Crippen molar-refractivity contribution < 1.29 is 4.79 Å². The largest absolute Gasteiger partial charge is 0.322 e. The fourth-order valence-electron chi connectivity index (χ4n) is 5.20. The van der Waals surface area contributed by atoms with Gasteiger partial charge in [-0.25, -0.2) is 9.48 Å². The van der Waals surface area contributed by atoms with E-state index in [4.69, 9.17) is 16.7 Å². The van der Waals surface area contributed by atoms with Gasteiger partial charge >= 0.3 is 6.03 Å². The zero-order valence-corrected chi connectivity index (χ0v) is 22.3. The molecule has 190 valence electrons. The fraction of sp³-hybridized carbons (Fsp3) is 0.161. The van der Waals surface area contributed by atoms with Crippen molar-refractivity contribution in [1.82, 2.24) is 19.2 Å². The van der Waals surface area contributed by atoms with Gasteiger partial charge in [0, 0.05) is 22.5 Å². The Morgan fingerprint density at radius 2 is 1.71 bits per heavy atom. The first-order valence-corrected chi connectivity index (χ1v) is 13.0. The molecule has 5 aromatic rings. The number of anilines is 1. The lowest BCUT2D eigenvalue weighted by Crippen LogP contribution is -2.38. The highest BCUT2D eigenvalue weighted by atomic mass is 35.5. The molecular formula is C31H28ClN5O. The van der Waals surface area contributed by atoms with Crippen LogP contribution in [0.1, 0.15) is 39.7 Å². The number of carbonyl (C=O) groups is 1. The number of aromatic nitrogens is 3. The molecule has 1 N–H and O–H groups in total. The first kappa shape index (κ1) is 24.1. The number of rotatable bonds is 3. The van der Waals surface area contributed by atoms with E-state index in [9.17, 15) is 4.79 Å². The van der Waals surface area contributed by atoms with Crippen molar-refractivity contribution >= 4 is 23.3 Å². The molecule has 0 unspecified atom stereocenters. The Hall–Kier alpha value is -4.29. The number of urea groups is 1. The molecule has 0 aliphatic carbocycles. The smallest absolute Gasteiger partial charge is 0.308 e. The Bertz CT molecular complexity index is 1640. The molecular weight excluding hydrogens is 494 g/mol. The summed E-state index contributed by atoms with van der Waals surface area (Å²) >= 11 is 6.26. The van der Waals surface area contributed by atoms with Gasteiger partial charge in [-0.15, -0.1) is 0 Å². The van der Waals surface area contributed by atoms with Crippen LogP contribution in [-0.4, -0.2) is 25.3 Å². The maximum Gasteiger partial charge on any atom is 0.322 e. The topological polar surface area (TPSA) is 55.1 Å². The van der Waals surface area contributed by atoms with E-state index < -0.39 is 0 Å². The highest BCUT2D eigenvalue weighted by Crippen LogP contribution is 2.39. The van der Waals surface area contributed by atoms with Crippen molar-refractivity contribution in [2.45, 2.75) is 33.4 Å². The summed E-state index contributed by atoms with van der Waals surface area (Å²) in [5.41, 5.74) is 7.70. The van der Waals surface area contributed by atoms with Crippen LogP contribution >= 0.6 is 11.6 Å². The van der Waals surface area contributed by atoms with Gasteiger partial charge in [0.05, 0.1) is 29.7 Å². The Morgan fingerprint density at radius 3 is 2.47 bits per heavy atom. The van der Waals surface area contributed by atoms with Gasteiger partial charge < -0.3 is 14.8 Å². The van der Waals surface area contributed by atoms with Crippen LogP contribution in [-0.2, 0) is 6.54 Å². The number of hydrogen-bond acceptors (Lipinski definition) is 2. The number of amides is 2. The van der Waals surface area contributed by atoms with Crippen molar-refractivity contribution in [1.29, 1.82) is 0 Å². The average molecular weight is 522 g/mol. The molecule has 0 bridgehead atoms. The normalized spacial score (nSPS) is 14.5. The van der Waals surface area contributed by atoms with Gasteiger partial charge in [-0.1, -0.05) is 54.1 Å². The van der Waals surface area contributed by atoms with Crippen LogP contribution in [0.3, 0.4) is 0 Å². The third-order valence-corrected chi connectivity index (χ3v) is 7.42. The predicted molar refractivity (Wildman–Crippen MR) is 151 cm³/mol. The Morgan fingerprint density at radius 1 is 0.947 bits per heavy atom. The Labute approximate surface area is 227 Å². The van der Waals surface area contributed by atoms with Crippen LogP contribution < -0.4 is 5.32 Å². The van der Waals surface area contributed by atoms with Crippen LogP contribution in [0.5, 0.6) is 0 Å². The molecule has 6 rings (SSSR count). The lowest BCUT2D eigenvalue weighted by Gasteiger charge is -2.31. The summed E-state index contributed by atoms with van der Waals surface area (Å²) in [7, 11) is 0. The molecule has 1 aliphatic heterocycles. The molecule has 0 saturated carbocycles. The van der Waals surface area contributed by atoms with E-state index in [1.807, 2.05) is 115 Å². The van der Waals surface area contributed by atoms with Gasteiger partial charge in [0.1, 0.15) is 5.82 Å². The van der Waals surface area contributed by atoms with E-state index in [2.05, 4.69) is 16.0 Å². The monoisotopic (exact) mass is 521 g/mol. The van der Waals surface area contributed by atoms with E-state index >= 15 is 0 Å². The minimum absolute atomic E-state index is 0.175. The number of nitrogens with one attached hydrogen (secondary N) is 1. The lowest BCUT2D eigenvalue weighted by atomic mass is 10.0. The third kappa shape index (κ3) is 4.17. The maximum absolute atomic E-state index is 14.1. The number of para-hydroxylation sites is 1. The second-order valence-corrected chi connectivity index (χ2v) is 10.2. The van der Waals surface area contributed by atoms with Crippen LogP contribution in [0.4, 0.5) is 10.5 Å². The molecule has 2 aromatic heterocycles. The van der Waals surface area contributed by atoms with Crippen LogP contribution in [0, 0.1) is 20.8 Å². The summed E-state index contributed by atoms with van der Waals surface area (Å²) in [5, 5.41) is 8.77. The summed E-state index contributed by atoms with van der Waals surface area (Å²) in [6, 6.07) is 27.5. The summed E-state index contributed by atoms with van der Waals surface area (Å²) in [4.78, 5) is 16.0. The maximum atomic E-state index is 14.1. The minimum Gasteiger partial charge on any atom is -0.308 e. The Balaban J connectivity index is 1.54. The van der Waals surface area contributed by atoms with Crippen molar-refractivity contribution in [3.05, 3.63) is 130 Å². The molecule has 6 nitrogen and oxygen atoms in total. The number of fused-ring (bicyclic) bond motifs is 3. The summed E-state index contributed by atoms with van der Waals surface area (Å²) < 4.78 is 4.13. The van der Waals surface area contributed by atoms with Crippen LogP contribution in [0.15, 0.2) is 91.1 Å². The summed E-state index contributed by atoms with van der Waals surface area (Å²) in [6.45, 7) is 6.42. The van der Waals surface area contributed by atoms with Crippen molar-refractivity contribution in [2.24, 2.45) is 0 Å². The third-order valence-electron chi connectivity index (χ3n) is 7.17. The molecule has 0 saturated heterocycles. The van der Waals surface area contributed by atoms with Crippen molar-refractivity contribution in [3.63, 3.8) is 0 Å². The van der Waals surface area contributed by atoms with Gasteiger partial charge in [-0.05, 0) is 79.9 Å². The molecule has 0 spiro atoms. The van der Waals surface area contributed by atoms with Crippen LogP contribution in [0.25, 0.3) is 11.5 Å². The van der Waals surface area contributed by atoms with E-state index in [1.54, 1.807) is 0 Å². The number of benzene rings is 3. The van der Waals surface area contributed by atoms with E-state index in [1.165, 1.54) is 0 Å². The van der Waals surface area contributed by atoms with E-state index in [-0.39, 0.29) is 12.1 Å². The lowest BCUT2D eigenvalue weighted by molar-refractivity contribution is 0.194. The SMILES string of the molecule is Cc1ccc(C)c(NC(=O)N2Cc3c(C)nn(-c4ccccc4)c3-n3cccc3[C@@H]2c2ccc(Cl)cc2)c1. The molecule has 3 heterocycles. The predicted octanol–water partition coefficient (Wildman–Crippen LogP) is 7.38. The number of aryl methyl sites for hydroxylation is 3. The molecule has 1 atom stereocenters. The van der Waals surface area contributed by atoms with Crippen LogP contribution in [0.2, 0.25) is 5.02 Å². The number of hydrogen-bond donors (Lipinski definition) is 1. The summed E-state index contributed by atoms with van der Waals surface area (Å²) in [6.07, 6.45) is 2.05. The van der Waals surface area contributed by atoms with Gasteiger partial charge in [-0.2, -0.15) is 5.10 Å². The fourth-order valence-corrected chi connectivity index (χ4v) is 5.33. The summed E-state index contributed by atoms with van der Waals surface area (Å²) in [5.74, 6) is 0.940. The Kier molecular flexibility index (Phi) is 6.04. The average Bonchev–Trinajstić information content (AvgIpc) is 3.48. The highest BCUT2D eigenvalue weighted by Gasteiger charge is 2.36.